The van der Waals surface area contributed by atoms with Gasteiger partial charge in [0.05, 0.1) is 16.7 Å². The SMILES string of the molecule is Cc1ccc(-c2c(C(=O)N/N=C/c3ccccc3[N+](=O)[O-])nnn2-c2nonc2N)cc1. The minimum atomic E-state index is -0.698. The molecular weight excluding hydrogens is 418 g/mol. The molecule has 0 aliphatic heterocycles. The van der Waals surface area contributed by atoms with Gasteiger partial charge in [0.2, 0.25) is 11.6 Å². The molecule has 0 saturated heterocycles. The Kier molecular flexibility index (Phi) is 5.36. The molecule has 0 aliphatic rings. The van der Waals surface area contributed by atoms with Gasteiger partial charge in [-0.15, -0.1) is 5.10 Å². The second-order valence-electron chi connectivity index (χ2n) is 6.55. The number of nitrogens with one attached hydrogen (secondary N) is 1. The van der Waals surface area contributed by atoms with Crippen LogP contribution in [0.3, 0.4) is 0 Å². The van der Waals surface area contributed by atoms with Gasteiger partial charge in [0, 0.05) is 11.6 Å². The fraction of sp³-hybridized carbons (Fsp3) is 0.0526. The molecule has 0 fully saturated rings. The topological polar surface area (TPSA) is 180 Å². The van der Waals surface area contributed by atoms with E-state index in [0.717, 1.165) is 5.56 Å². The summed E-state index contributed by atoms with van der Waals surface area (Å²) in [6, 6.07) is 13.3. The monoisotopic (exact) mass is 433 g/mol. The van der Waals surface area contributed by atoms with Gasteiger partial charge >= 0.3 is 0 Å². The van der Waals surface area contributed by atoms with Gasteiger partial charge in [-0.3, -0.25) is 14.9 Å². The van der Waals surface area contributed by atoms with Crippen LogP contribution >= 0.6 is 0 Å². The molecule has 2 aromatic carbocycles. The standard InChI is InChI=1S/C19H15N9O4/c1-11-6-8-12(9-7-11)16-15(22-26-27(16)18-17(20)24-32-25-18)19(29)23-21-10-13-4-2-3-5-14(13)28(30)31/h2-10H,1H3,(H2,20,24)(H,23,29)/b21-10+. The van der Waals surface area contributed by atoms with Gasteiger partial charge in [-0.1, -0.05) is 47.2 Å². The number of aryl methyl sites for hydroxylation is 1. The normalized spacial score (nSPS) is 11.0. The van der Waals surface area contributed by atoms with Gasteiger partial charge in [0.25, 0.3) is 11.6 Å². The van der Waals surface area contributed by atoms with Gasteiger partial charge in [0.1, 0.15) is 5.69 Å². The third-order valence-corrected chi connectivity index (χ3v) is 4.41. The number of para-hydroxylation sites is 1. The summed E-state index contributed by atoms with van der Waals surface area (Å²) >= 11 is 0. The van der Waals surface area contributed by atoms with Crippen LogP contribution in [0.5, 0.6) is 0 Å². The van der Waals surface area contributed by atoms with Crippen LogP contribution in [0.4, 0.5) is 11.5 Å². The average Bonchev–Trinajstić information content (AvgIpc) is 3.40. The van der Waals surface area contributed by atoms with Crippen LogP contribution in [0.1, 0.15) is 21.6 Å². The summed E-state index contributed by atoms with van der Waals surface area (Å²) in [6.45, 7) is 1.92. The lowest BCUT2D eigenvalue weighted by Crippen LogP contribution is -2.19. The number of hydrogen-bond donors (Lipinski definition) is 2. The Morgan fingerprint density at radius 3 is 2.66 bits per heavy atom. The Hall–Kier alpha value is -4.94. The number of carbonyl (C=O) groups excluding carboxylic acids is 1. The van der Waals surface area contributed by atoms with Crippen LogP contribution in [0.15, 0.2) is 58.3 Å². The number of nitro benzene ring substituents is 1. The molecule has 0 atom stereocenters. The van der Waals surface area contributed by atoms with Crippen molar-refractivity contribution in [1.82, 2.24) is 30.7 Å². The number of nitrogen functional groups attached to an aromatic ring is 1. The van der Waals surface area contributed by atoms with Crippen molar-refractivity contribution in [1.29, 1.82) is 0 Å². The van der Waals surface area contributed by atoms with E-state index in [4.69, 9.17) is 5.73 Å². The second-order valence-corrected chi connectivity index (χ2v) is 6.55. The number of aromatic nitrogens is 5. The summed E-state index contributed by atoms with van der Waals surface area (Å²) < 4.78 is 5.86. The zero-order chi connectivity index (χ0) is 22.7. The molecule has 2 aromatic heterocycles. The molecule has 0 bridgehead atoms. The maximum absolute atomic E-state index is 12.8. The number of amides is 1. The molecule has 2 heterocycles. The molecule has 3 N–H and O–H groups in total. The molecule has 4 rings (SSSR count). The van der Waals surface area contributed by atoms with Crippen molar-refractivity contribution in [3.63, 3.8) is 0 Å². The minimum Gasteiger partial charge on any atom is -0.378 e. The molecule has 13 nitrogen and oxygen atoms in total. The Morgan fingerprint density at radius 2 is 1.97 bits per heavy atom. The Bertz CT molecular complexity index is 1320. The zero-order valence-electron chi connectivity index (χ0n) is 16.5. The number of nitrogens with two attached hydrogens (primary N) is 1. The van der Waals surface area contributed by atoms with E-state index in [1.54, 1.807) is 18.2 Å². The number of nitro groups is 1. The fourth-order valence-corrected chi connectivity index (χ4v) is 2.87. The average molecular weight is 433 g/mol. The highest BCUT2D eigenvalue weighted by Crippen LogP contribution is 2.26. The number of anilines is 1. The van der Waals surface area contributed by atoms with E-state index >= 15 is 0 Å². The fourth-order valence-electron chi connectivity index (χ4n) is 2.87. The first kappa shape index (κ1) is 20.3. The molecule has 13 heteroatoms. The highest BCUT2D eigenvalue weighted by molar-refractivity contribution is 5.99. The van der Waals surface area contributed by atoms with Crippen LogP contribution in [0.2, 0.25) is 0 Å². The van der Waals surface area contributed by atoms with Crippen LogP contribution in [-0.4, -0.2) is 42.4 Å². The lowest BCUT2D eigenvalue weighted by atomic mass is 10.1. The van der Waals surface area contributed by atoms with Gasteiger partial charge in [-0.25, -0.2) is 10.1 Å². The highest BCUT2D eigenvalue weighted by Gasteiger charge is 2.25. The van der Waals surface area contributed by atoms with E-state index in [1.165, 1.54) is 29.1 Å². The number of hydrazone groups is 1. The Morgan fingerprint density at radius 1 is 1.22 bits per heavy atom. The summed E-state index contributed by atoms with van der Waals surface area (Å²) in [4.78, 5) is 23.4. The molecule has 4 aromatic rings. The molecule has 160 valence electrons. The van der Waals surface area contributed by atoms with Crippen molar-refractivity contribution >= 4 is 23.6 Å². The van der Waals surface area contributed by atoms with Crippen molar-refractivity contribution in [2.24, 2.45) is 5.10 Å². The molecule has 0 unspecified atom stereocenters. The number of nitrogens with zero attached hydrogens (tertiary/aromatic N) is 7. The summed E-state index contributed by atoms with van der Waals surface area (Å²) in [5, 5.41) is 30.1. The molecule has 0 spiro atoms. The molecular formula is C19H15N9O4. The Balaban J connectivity index is 1.68. The largest absolute Gasteiger partial charge is 0.378 e. The van der Waals surface area contributed by atoms with Crippen molar-refractivity contribution < 1.29 is 14.3 Å². The molecule has 0 radical (unpaired) electrons. The predicted octanol–water partition coefficient (Wildman–Crippen LogP) is 1.88. The van der Waals surface area contributed by atoms with E-state index < -0.39 is 10.8 Å². The minimum absolute atomic E-state index is 0.0374. The Labute approximate surface area is 179 Å². The third-order valence-electron chi connectivity index (χ3n) is 4.41. The summed E-state index contributed by atoms with van der Waals surface area (Å²) in [5.74, 6) is -0.670. The maximum atomic E-state index is 12.8. The van der Waals surface area contributed by atoms with Gasteiger partial charge < -0.3 is 5.73 Å². The maximum Gasteiger partial charge on any atom is 0.294 e. The van der Waals surface area contributed by atoms with Crippen LogP contribution in [-0.2, 0) is 0 Å². The van der Waals surface area contributed by atoms with Crippen LogP contribution in [0, 0.1) is 17.0 Å². The first-order chi connectivity index (χ1) is 15.5. The molecule has 32 heavy (non-hydrogen) atoms. The van der Waals surface area contributed by atoms with Crippen LogP contribution in [0.25, 0.3) is 17.1 Å². The summed E-state index contributed by atoms with van der Waals surface area (Å²) in [6.07, 6.45) is 1.17. The van der Waals surface area contributed by atoms with E-state index in [2.05, 4.69) is 35.8 Å². The first-order valence-electron chi connectivity index (χ1n) is 9.13. The van der Waals surface area contributed by atoms with E-state index in [9.17, 15) is 14.9 Å². The molecule has 0 saturated carbocycles. The molecule has 1 amide bonds. The van der Waals surface area contributed by atoms with Gasteiger partial charge in [-0.05, 0) is 23.3 Å². The first-order valence-corrected chi connectivity index (χ1v) is 9.13. The predicted molar refractivity (Wildman–Crippen MR) is 112 cm³/mol. The van der Waals surface area contributed by atoms with E-state index in [1.807, 2.05) is 19.1 Å². The van der Waals surface area contributed by atoms with Crippen molar-refractivity contribution in [3.05, 3.63) is 75.5 Å². The zero-order valence-corrected chi connectivity index (χ0v) is 16.5. The van der Waals surface area contributed by atoms with Crippen molar-refractivity contribution in [3.8, 4) is 17.1 Å². The number of rotatable bonds is 6. The summed E-state index contributed by atoms with van der Waals surface area (Å²) in [7, 11) is 0. The third kappa shape index (κ3) is 3.89. The highest BCUT2D eigenvalue weighted by atomic mass is 16.6. The lowest BCUT2D eigenvalue weighted by molar-refractivity contribution is -0.385. The molecule has 0 aliphatic carbocycles. The second kappa shape index (κ2) is 8.43. The number of hydrogen-bond acceptors (Lipinski definition) is 10. The van der Waals surface area contributed by atoms with E-state index in [-0.39, 0.29) is 34.3 Å². The lowest BCUT2D eigenvalue weighted by Gasteiger charge is -2.06. The number of benzene rings is 2. The van der Waals surface area contributed by atoms with E-state index in [0.29, 0.717) is 5.56 Å². The van der Waals surface area contributed by atoms with Gasteiger partial charge in [0.15, 0.2) is 5.69 Å². The number of carbonyl (C=O) groups is 1. The van der Waals surface area contributed by atoms with Crippen molar-refractivity contribution in [2.75, 3.05) is 5.73 Å². The summed E-state index contributed by atoms with van der Waals surface area (Å²) in [5.41, 5.74) is 9.99. The van der Waals surface area contributed by atoms with Crippen molar-refractivity contribution in [2.45, 2.75) is 6.92 Å². The smallest absolute Gasteiger partial charge is 0.294 e. The van der Waals surface area contributed by atoms with Gasteiger partial charge in [-0.2, -0.15) is 9.78 Å². The quantitative estimate of drug-likeness (QED) is 0.261. The van der Waals surface area contributed by atoms with Crippen LogP contribution < -0.4 is 11.2 Å².